The van der Waals surface area contributed by atoms with Gasteiger partial charge >= 0.3 is 5.97 Å². The molecule has 3 heterocycles. The van der Waals surface area contributed by atoms with Gasteiger partial charge in [-0.2, -0.15) is 5.10 Å². The number of hydrogen-bond donors (Lipinski definition) is 0. The Labute approximate surface area is 257 Å². The van der Waals surface area contributed by atoms with Crippen LogP contribution in [0.5, 0.6) is 5.75 Å². The highest BCUT2D eigenvalue weighted by atomic mass is 16.5. The van der Waals surface area contributed by atoms with E-state index in [0.29, 0.717) is 12.2 Å². The third kappa shape index (κ3) is 5.63. The van der Waals surface area contributed by atoms with E-state index >= 15 is 0 Å². The molecule has 0 N–H and O–H groups in total. The number of benzene rings is 3. The summed E-state index contributed by atoms with van der Waals surface area (Å²) in [6.45, 7) is 6.79. The molecule has 5 aromatic rings. The van der Waals surface area contributed by atoms with Crippen LogP contribution in [0.2, 0.25) is 0 Å². The molecule has 7 rings (SSSR count). The minimum Gasteiger partial charge on any atom is -0.489 e. The van der Waals surface area contributed by atoms with Gasteiger partial charge in [0.2, 0.25) is 0 Å². The van der Waals surface area contributed by atoms with Crippen LogP contribution in [0.15, 0.2) is 85.2 Å². The van der Waals surface area contributed by atoms with Crippen LogP contribution in [0.3, 0.4) is 0 Å². The number of ether oxygens (including phenoxy) is 2. The van der Waals surface area contributed by atoms with Crippen molar-refractivity contribution in [2.75, 3.05) is 13.2 Å². The van der Waals surface area contributed by atoms with Crippen molar-refractivity contribution in [3.63, 3.8) is 0 Å². The zero-order chi connectivity index (χ0) is 30.2. The van der Waals surface area contributed by atoms with Crippen LogP contribution in [-0.4, -0.2) is 54.9 Å². The van der Waals surface area contributed by atoms with Gasteiger partial charge in [0, 0.05) is 50.3 Å². The number of aromatic nitrogens is 5. The number of fused-ring (bicyclic) bond motifs is 1. The van der Waals surface area contributed by atoms with E-state index < -0.39 is 0 Å². The topological polar surface area (TPSA) is 87.3 Å². The van der Waals surface area contributed by atoms with Gasteiger partial charge < -0.3 is 9.47 Å². The molecule has 1 aliphatic heterocycles. The smallest absolute Gasteiger partial charge is 0.341 e. The maximum Gasteiger partial charge on any atom is 0.341 e. The number of esters is 1. The van der Waals surface area contributed by atoms with Crippen molar-refractivity contribution in [3.8, 4) is 22.6 Å². The minimum atomic E-state index is -0.349. The third-order valence-electron chi connectivity index (χ3n) is 8.41. The van der Waals surface area contributed by atoms with Crippen LogP contribution in [0.1, 0.15) is 65.0 Å². The SMILES string of the molecule is CCOC(=O)c1cnn(-c2cccc(-c3cccc(CN4Cc5ccccc5OC(C)C4)c3)c2)c1C1CC1c1cn(C)nn1. The lowest BCUT2D eigenvalue weighted by molar-refractivity contribution is 0.0525. The van der Waals surface area contributed by atoms with Crippen molar-refractivity contribution in [2.45, 2.75) is 51.3 Å². The average Bonchev–Trinajstić information content (AvgIpc) is 3.53. The molecule has 224 valence electrons. The number of carbonyl (C=O) groups excluding carboxylic acids is 1. The quantitative estimate of drug-likeness (QED) is 0.209. The van der Waals surface area contributed by atoms with E-state index in [1.807, 2.05) is 43.0 Å². The van der Waals surface area contributed by atoms with E-state index in [-0.39, 0.29) is 23.9 Å². The highest BCUT2D eigenvalue weighted by molar-refractivity contribution is 5.91. The summed E-state index contributed by atoms with van der Waals surface area (Å²) in [5.74, 6) is 0.918. The molecular weight excluding hydrogens is 552 g/mol. The normalized spacial score (nSPS) is 19.6. The van der Waals surface area contributed by atoms with Gasteiger partial charge in [0.15, 0.2) is 0 Å². The molecule has 0 spiro atoms. The second kappa shape index (κ2) is 11.7. The summed E-state index contributed by atoms with van der Waals surface area (Å²) in [5, 5.41) is 13.1. The van der Waals surface area contributed by atoms with Crippen molar-refractivity contribution >= 4 is 5.97 Å². The van der Waals surface area contributed by atoms with Crippen LogP contribution in [0, 0.1) is 0 Å². The van der Waals surface area contributed by atoms with Crippen LogP contribution in [-0.2, 0) is 24.9 Å². The molecular formula is C35H36N6O3. The number of carbonyl (C=O) groups is 1. The molecule has 1 saturated carbocycles. The van der Waals surface area contributed by atoms with Crippen molar-refractivity contribution in [2.24, 2.45) is 7.05 Å². The molecule has 9 heteroatoms. The van der Waals surface area contributed by atoms with Crippen LogP contribution >= 0.6 is 0 Å². The molecule has 9 nitrogen and oxygen atoms in total. The van der Waals surface area contributed by atoms with Gasteiger partial charge in [-0.15, -0.1) is 5.10 Å². The van der Waals surface area contributed by atoms with Crippen molar-refractivity contribution in [1.29, 1.82) is 0 Å². The zero-order valence-corrected chi connectivity index (χ0v) is 25.3. The summed E-state index contributed by atoms with van der Waals surface area (Å²) >= 11 is 0. The Morgan fingerprint density at radius 1 is 1.02 bits per heavy atom. The van der Waals surface area contributed by atoms with E-state index in [9.17, 15) is 4.79 Å². The van der Waals surface area contributed by atoms with E-state index in [0.717, 1.165) is 60.0 Å². The molecule has 44 heavy (non-hydrogen) atoms. The predicted octanol–water partition coefficient (Wildman–Crippen LogP) is 5.90. The van der Waals surface area contributed by atoms with E-state index in [2.05, 4.69) is 76.7 Å². The molecule has 3 atom stereocenters. The van der Waals surface area contributed by atoms with Gasteiger partial charge in [-0.1, -0.05) is 53.7 Å². The lowest BCUT2D eigenvalue weighted by Gasteiger charge is -2.22. The second-order valence-corrected chi connectivity index (χ2v) is 11.8. The van der Waals surface area contributed by atoms with Gasteiger partial charge in [0.05, 0.1) is 29.9 Å². The maximum atomic E-state index is 13.0. The van der Waals surface area contributed by atoms with Gasteiger partial charge in [0.25, 0.3) is 0 Å². The van der Waals surface area contributed by atoms with Crippen molar-refractivity contribution in [1.82, 2.24) is 29.7 Å². The summed E-state index contributed by atoms with van der Waals surface area (Å²) in [6, 6.07) is 25.4. The first-order valence-electron chi connectivity index (χ1n) is 15.2. The predicted molar refractivity (Wildman–Crippen MR) is 167 cm³/mol. The van der Waals surface area contributed by atoms with Gasteiger partial charge in [0.1, 0.15) is 17.4 Å². The highest BCUT2D eigenvalue weighted by Crippen LogP contribution is 2.55. The molecule has 3 unspecified atom stereocenters. The summed E-state index contributed by atoms with van der Waals surface area (Å²) in [7, 11) is 1.87. The first-order valence-corrected chi connectivity index (χ1v) is 15.2. The molecule has 1 aliphatic carbocycles. The lowest BCUT2D eigenvalue weighted by atomic mass is 10.0. The minimum absolute atomic E-state index is 0.103. The first kappa shape index (κ1) is 28.0. The maximum absolute atomic E-state index is 13.0. The van der Waals surface area contributed by atoms with E-state index in [4.69, 9.17) is 14.6 Å². The molecule has 0 amide bonds. The number of aryl methyl sites for hydroxylation is 1. The second-order valence-electron chi connectivity index (χ2n) is 11.8. The zero-order valence-electron chi connectivity index (χ0n) is 25.3. The van der Waals surface area contributed by atoms with Gasteiger partial charge in [-0.05, 0) is 61.2 Å². The number of rotatable bonds is 8. The summed E-state index contributed by atoms with van der Waals surface area (Å²) in [6.07, 6.45) is 4.57. The largest absolute Gasteiger partial charge is 0.489 e. The Balaban J connectivity index is 1.17. The Hall–Kier alpha value is -4.76. The standard InChI is InChI=1S/C35H36N6O3/c1-4-43-35(42)31-18-36-41(34(31)30-17-29(30)32-22-39(3)38-37-32)28-13-8-12-26(16-28)25-11-7-9-24(15-25)20-40-19-23(2)44-33-14-6-5-10-27(33)21-40/h5-16,18,22-23,29-30H,4,17,19-21H2,1-3H3. The van der Waals surface area contributed by atoms with Crippen LogP contribution in [0.4, 0.5) is 0 Å². The van der Waals surface area contributed by atoms with Gasteiger partial charge in [-0.3, -0.25) is 9.58 Å². The Bertz CT molecular complexity index is 1810. The summed E-state index contributed by atoms with van der Waals surface area (Å²) in [5.41, 5.74) is 7.88. The fourth-order valence-electron chi connectivity index (χ4n) is 6.36. The number of nitrogens with zero attached hydrogens (tertiary/aromatic N) is 6. The molecule has 1 fully saturated rings. The monoisotopic (exact) mass is 588 g/mol. The Morgan fingerprint density at radius 2 is 1.84 bits per heavy atom. The van der Waals surface area contributed by atoms with Crippen molar-refractivity contribution in [3.05, 3.63) is 113 Å². The van der Waals surface area contributed by atoms with Crippen LogP contribution in [0.25, 0.3) is 16.8 Å². The third-order valence-corrected chi connectivity index (χ3v) is 8.41. The van der Waals surface area contributed by atoms with E-state index in [1.54, 1.807) is 10.9 Å². The molecule has 3 aromatic carbocycles. The first-order chi connectivity index (χ1) is 21.5. The average molecular weight is 589 g/mol. The number of hydrogen-bond acceptors (Lipinski definition) is 7. The fraction of sp³-hybridized carbons (Fsp3) is 0.314. The fourth-order valence-corrected chi connectivity index (χ4v) is 6.36. The van der Waals surface area contributed by atoms with Crippen LogP contribution < -0.4 is 4.74 Å². The van der Waals surface area contributed by atoms with Gasteiger partial charge in [-0.25, -0.2) is 9.48 Å². The van der Waals surface area contributed by atoms with Crippen molar-refractivity contribution < 1.29 is 14.3 Å². The Morgan fingerprint density at radius 3 is 2.66 bits per heavy atom. The molecule has 2 aliphatic rings. The number of para-hydroxylation sites is 1. The van der Waals surface area contributed by atoms with E-state index in [1.165, 1.54) is 11.1 Å². The molecule has 0 radical (unpaired) electrons. The molecule has 0 saturated heterocycles. The Kier molecular flexibility index (Phi) is 7.47. The molecule has 2 aromatic heterocycles. The summed E-state index contributed by atoms with van der Waals surface area (Å²) in [4.78, 5) is 15.4. The lowest BCUT2D eigenvalue weighted by Crippen LogP contribution is -2.30. The molecule has 0 bridgehead atoms. The summed E-state index contributed by atoms with van der Waals surface area (Å²) < 4.78 is 15.2. The highest BCUT2D eigenvalue weighted by Gasteiger charge is 2.46.